The number of hydrogen-bond donors (Lipinski definition) is 2. The average molecular weight is 316 g/mol. The molecular weight excluding hydrogens is 296 g/mol. The molecule has 0 aliphatic heterocycles. The Labute approximate surface area is 134 Å². The minimum absolute atomic E-state index is 0.0638. The van der Waals surface area contributed by atoms with Gasteiger partial charge >= 0.3 is 5.69 Å². The Hall–Kier alpha value is -2.54. The number of aliphatic hydroxyl groups is 1. The van der Waals surface area contributed by atoms with Crippen LogP contribution in [0.25, 0.3) is 0 Å². The van der Waals surface area contributed by atoms with Crippen molar-refractivity contribution in [1.82, 2.24) is 9.97 Å². The van der Waals surface area contributed by atoms with Gasteiger partial charge in [0.05, 0.1) is 11.0 Å². The Morgan fingerprint density at radius 3 is 2.26 bits per heavy atom. The second kappa shape index (κ2) is 6.70. The molecule has 2 aromatic rings. The maximum absolute atomic E-state index is 10.5. The molecule has 1 heterocycles. The van der Waals surface area contributed by atoms with E-state index in [1.807, 2.05) is 24.3 Å². The highest BCUT2D eigenvalue weighted by atomic mass is 16.6. The molecule has 0 aliphatic carbocycles. The zero-order chi connectivity index (χ0) is 17.0. The van der Waals surface area contributed by atoms with Crippen LogP contribution < -0.4 is 5.32 Å². The molecule has 0 radical (unpaired) electrons. The van der Waals surface area contributed by atoms with Crippen LogP contribution in [0.3, 0.4) is 0 Å². The Balaban J connectivity index is 1.96. The molecule has 2 rings (SSSR count). The largest absolute Gasteiger partial charge is 0.387 e. The SMILES string of the molecule is CC(C)(C)c1ccc([C@H](O)CNc2ncc([N+](=O)[O-])cn2)cc1. The van der Waals surface area contributed by atoms with Crippen LogP contribution in [0, 0.1) is 10.1 Å². The monoisotopic (exact) mass is 316 g/mol. The molecule has 7 nitrogen and oxygen atoms in total. The fraction of sp³-hybridized carbons (Fsp3) is 0.375. The molecule has 0 fully saturated rings. The van der Waals surface area contributed by atoms with Crippen LogP contribution >= 0.6 is 0 Å². The summed E-state index contributed by atoms with van der Waals surface area (Å²) < 4.78 is 0. The van der Waals surface area contributed by atoms with Gasteiger partial charge in [-0.05, 0) is 16.5 Å². The average Bonchev–Trinajstić information content (AvgIpc) is 2.52. The zero-order valence-electron chi connectivity index (χ0n) is 13.4. The number of benzene rings is 1. The summed E-state index contributed by atoms with van der Waals surface area (Å²) in [6, 6.07) is 7.79. The van der Waals surface area contributed by atoms with E-state index in [2.05, 4.69) is 36.1 Å². The van der Waals surface area contributed by atoms with Crippen molar-refractivity contribution in [2.75, 3.05) is 11.9 Å². The quantitative estimate of drug-likeness (QED) is 0.649. The molecule has 0 spiro atoms. The van der Waals surface area contributed by atoms with Gasteiger partial charge in [-0.15, -0.1) is 0 Å². The van der Waals surface area contributed by atoms with Gasteiger partial charge in [0.25, 0.3) is 0 Å². The maximum Gasteiger partial charge on any atom is 0.305 e. The fourth-order valence-electron chi connectivity index (χ4n) is 2.02. The molecule has 0 saturated carbocycles. The number of anilines is 1. The molecule has 2 N–H and O–H groups in total. The van der Waals surface area contributed by atoms with Crippen molar-refractivity contribution in [1.29, 1.82) is 0 Å². The van der Waals surface area contributed by atoms with E-state index >= 15 is 0 Å². The van der Waals surface area contributed by atoms with Gasteiger partial charge in [0.1, 0.15) is 12.4 Å². The van der Waals surface area contributed by atoms with Crippen molar-refractivity contribution in [3.63, 3.8) is 0 Å². The topological polar surface area (TPSA) is 101 Å². The first-order valence-electron chi connectivity index (χ1n) is 7.26. The third kappa shape index (κ3) is 4.46. The van der Waals surface area contributed by atoms with Crippen LogP contribution in [0.15, 0.2) is 36.7 Å². The lowest BCUT2D eigenvalue weighted by Gasteiger charge is -2.20. The van der Waals surface area contributed by atoms with Gasteiger partial charge in [0, 0.05) is 6.54 Å². The van der Waals surface area contributed by atoms with Gasteiger partial charge in [-0.2, -0.15) is 0 Å². The minimum atomic E-state index is -0.720. The molecule has 1 atom stereocenters. The highest BCUT2D eigenvalue weighted by Crippen LogP contribution is 2.24. The Kier molecular flexibility index (Phi) is 4.90. The van der Waals surface area contributed by atoms with Gasteiger partial charge in [0.15, 0.2) is 0 Å². The summed E-state index contributed by atoms with van der Waals surface area (Å²) in [5.41, 5.74) is 1.87. The fourth-order valence-corrected chi connectivity index (χ4v) is 2.02. The van der Waals surface area contributed by atoms with Crippen LogP contribution in [0.2, 0.25) is 0 Å². The highest BCUT2D eigenvalue weighted by molar-refractivity contribution is 5.32. The molecular formula is C16H20N4O3. The summed E-state index contributed by atoms with van der Waals surface area (Å²) in [6.07, 6.45) is 1.53. The van der Waals surface area contributed by atoms with Crippen molar-refractivity contribution >= 4 is 11.6 Å². The molecule has 0 amide bonds. The molecule has 0 aliphatic rings. The normalized spacial score (nSPS) is 12.7. The lowest BCUT2D eigenvalue weighted by Crippen LogP contribution is -2.15. The number of aromatic nitrogens is 2. The van der Waals surface area contributed by atoms with Crippen molar-refractivity contribution in [3.8, 4) is 0 Å². The van der Waals surface area contributed by atoms with E-state index in [1.54, 1.807) is 0 Å². The number of aliphatic hydroxyl groups excluding tert-OH is 1. The third-order valence-electron chi connectivity index (χ3n) is 3.46. The zero-order valence-corrected chi connectivity index (χ0v) is 13.4. The summed E-state index contributed by atoms with van der Waals surface area (Å²) in [5, 5.41) is 23.6. The number of nitrogens with zero attached hydrogens (tertiary/aromatic N) is 3. The summed E-state index contributed by atoms with van der Waals surface area (Å²) in [6.45, 7) is 6.61. The van der Waals surface area contributed by atoms with Crippen molar-refractivity contribution in [3.05, 3.63) is 57.9 Å². The molecule has 0 saturated heterocycles. The highest BCUT2D eigenvalue weighted by Gasteiger charge is 2.15. The molecule has 0 unspecified atom stereocenters. The van der Waals surface area contributed by atoms with E-state index in [9.17, 15) is 15.2 Å². The Morgan fingerprint density at radius 1 is 1.22 bits per heavy atom. The van der Waals surface area contributed by atoms with Crippen molar-refractivity contribution in [2.45, 2.75) is 32.3 Å². The number of nitro groups is 1. The molecule has 0 bridgehead atoms. The van der Waals surface area contributed by atoms with E-state index in [0.29, 0.717) is 0 Å². The van der Waals surface area contributed by atoms with Crippen molar-refractivity contribution in [2.24, 2.45) is 0 Å². The lowest BCUT2D eigenvalue weighted by molar-refractivity contribution is -0.385. The molecule has 1 aromatic carbocycles. The van der Waals surface area contributed by atoms with Gasteiger partial charge in [-0.1, -0.05) is 45.0 Å². The van der Waals surface area contributed by atoms with E-state index in [4.69, 9.17) is 0 Å². The van der Waals surface area contributed by atoms with E-state index in [-0.39, 0.29) is 23.6 Å². The van der Waals surface area contributed by atoms with Crippen LogP contribution in [-0.2, 0) is 5.41 Å². The van der Waals surface area contributed by atoms with Gasteiger partial charge < -0.3 is 10.4 Å². The second-order valence-electron chi connectivity index (χ2n) is 6.29. The molecule has 7 heteroatoms. The van der Waals surface area contributed by atoms with E-state index < -0.39 is 11.0 Å². The van der Waals surface area contributed by atoms with Crippen molar-refractivity contribution < 1.29 is 10.0 Å². The van der Waals surface area contributed by atoms with Gasteiger partial charge in [-0.3, -0.25) is 10.1 Å². The first kappa shape index (κ1) is 16.8. The summed E-state index contributed by atoms with van der Waals surface area (Å²) in [5.74, 6) is 0.237. The summed E-state index contributed by atoms with van der Waals surface area (Å²) in [4.78, 5) is 17.6. The predicted molar refractivity (Wildman–Crippen MR) is 87.3 cm³/mol. The number of rotatable bonds is 5. The van der Waals surface area contributed by atoms with Gasteiger partial charge in [-0.25, -0.2) is 9.97 Å². The maximum atomic E-state index is 10.5. The Bertz CT molecular complexity index is 663. The predicted octanol–water partition coefficient (Wildman–Crippen LogP) is 2.83. The van der Waals surface area contributed by atoms with Gasteiger partial charge in [0.2, 0.25) is 5.95 Å². The molecule has 122 valence electrons. The Morgan fingerprint density at radius 2 is 1.78 bits per heavy atom. The minimum Gasteiger partial charge on any atom is -0.387 e. The van der Waals surface area contributed by atoms with E-state index in [1.165, 1.54) is 5.56 Å². The van der Waals surface area contributed by atoms with E-state index in [0.717, 1.165) is 18.0 Å². The van der Waals surface area contributed by atoms with Crippen LogP contribution in [-0.4, -0.2) is 26.5 Å². The smallest absolute Gasteiger partial charge is 0.305 e. The van der Waals surface area contributed by atoms with Crippen LogP contribution in [0.5, 0.6) is 0 Å². The molecule has 23 heavy (non-hydrogen) atoms. The second-order valence-corrected chi connectivity index (χ2v) is 6.29. The first-order chi connectivity index (χ1) is 10.8. The lowest BCUT2D eigenvalue weighted by atomic mass is 9.86. The summed E-state index contributed by atoms with van der Waals surface area (Å²) >= 11 is 0. The van der Waals surface area contributed by atoms with Crippen LogP contribution in [0.1, 0.15) is 38.0 Å². The standard InChI is InChI=1S/C16H20N4O3/c1-16(2,3)12-6-4-11(5-7-12)14(21)10-19-15-17-8-13(9-18-15)20(22)23/h4-9,14,21H,10H2,1-3H3,(H,17,18,19)/t14-/m1/s1. The molecule has 1 aromatic heterocycles. The third-order valence-corrected chi connectivity index (χ3v) is 3.46. The van der Waals surface area contributed by atoms with Crippen LogP contribution in [0.4, 0.5) is 11.6 Å². The number of hydrogen-bond acceptors (Lipinski definition) is 6. The summed E-state index contributed by atoms with van der Waals surface area (Å²) in [7, 11) is 0. The number of nitrogens with one attached hydrogen (secondary N) is 1. The first-order valence-corrected chi connectivity index (χ1v) is 7.26.